The summed E-state index contributed by atoms with van der Waals surface area (Å²) in [6.07, 6.45) is -0.252. The van der Waals surface area contributed by atoms with Crippen LogP contribution < -0.4 is 5.73 Å². The molecule has 0 fully saturated rings. The first kappa shape index (κ1) is 11.0. The Morgan fingerprint density at radius 1 is 1.44 bits per heavy atom. The molecule has 0 bridgehead atoms. The molecule has 6 heteroatoms. The maximum atomic E-state index is 5.62. The fourth-order valence-corrected chi connectivity index (χ4v) is 1.77. The second-order valence-electron chi connectivity index (χ2n) is 3.69. The van der Waals surface area contributed by atoms with Gasteiger partial charge in [-0.1, -0.05) is 0 Å². The number of ether oxygens (including phenoxy) is 1. The minimum atomic E-state index is -0.252. The van der Waals surface area contributed by atoms with Gasteiger partial charge in [-0.2, -0.15) is 0 Å². The Labute approximate surface area is 93.5 Å². The Bertz CT molecular complexity index is 503. The molecule has 1 atom stereocenters. The van der Waals surface area contributed by atoms with Gasteiger partial charge in [0.1, 0.15) is 6.10 Å². The van der Waals surface area contributed by atoms with Gasteiger partial charge in [-0.15, -0.1) is 10.2 Å². The van der Waals surface area contributed by atoms with Gasteiger partial charge in [-0.3, -0.25) is 4.40 Å². The number of aromatic nitrogens is 4. The van der Waals surface area contributed by atoms with Gasteiger partial charge in [0, 0.05) is 25.0 Å². The lowest BCUT2D eigenvalue weighted by Gasteiger charge is -2.11. The quantitative estimate of drug-likeness (QED) is 0.811. The van der Waals surface area contributed by atoms with E-state index in [1.165, 1.54) is 0 Å². The zero-order valence-electron chi connectivity index (χ0n) is 9.64. The summed E-state index contributed by atoms with van der Waals surface area (Å²) < 4.78 is 7.13. The van der Waals surface area contributed by atoms with Gasteiger partial charge in [0.2, 0.25) is 0 Å². The van der Waals surface area contributed by atoms with Gasteiger partial charge in [0.15, 0.2) is 5.82 Å². The first-order valence-electron chi connectivity index (χ1n) is 5.09. The smallest absolute Gasteiger partial charge is 0.255 e. The SMILES string of the molecule is COC(CN)c1nnc2nc(C)cc(C)n12. The standard InChI is InChI=1S/C10H15N5O/c1-6-4-7(2)15-9(8(5-11)16-3)13-14-10(15)12-6/h4,8H,5,11H2,1-3H3. The summed E-state index contributed by atoms with van der Waals surface area (Å²) in [5.41, 5.74) is 7.57. The third kappa shape index (κ3) is 1.66. The van der Waals surface area contributed by atoms with Crippen LogP contribution >= 0.6 is 0 Å². The lowest BCUT2D eigenvalue weighted by Crippen LogP contribution is -2.17. The van der Waals surface area contributed by atoms with E-state index in [0.29, 0.717) is 18.1 Å². The van der Waals surface area contributed by atoms with Gasteiger partial charge in [-0.05, 0) is 19.9 Å². The highest BCUT2D eigenvalue weighted by Crippen LogP contribution is 2.16. The van der Waals surface area contributed by atoms with Crippen molar-refractivity contribution in [2.24, 2.45) is 5.73 Å². The molecule has 0 radical (unpaired) electrons. The van der Waals surface area contributed by atoms with Crippen LogP contribution in [0.15, 0.2) is 6.07 Å². The normalized spacial score (nSPS) is 13.2. The van der Waals surface area contributed by atoms with Crippen molar-refractivity contribution in [3.63, 3.8) is 0 Å². The van der Waals surface area contributed by atoms with Gasteiger partial charge in [0.25, 0.3) is 5.78 Å². The molecule has 2 aromatic heterocycles. The summed E-state index contributed by atoms with van der Waals surface area (Å²) in [4.78, 5) is 4.30. The van der Waals surface area contributed by atoms with Gasteiger partial charge in [-0.25, -0.2) is 4.98 Å². The van der Waals surface area contributed by atoms with E-state index in [0.717, 1.165) is 11.4 Å². The zero-order chi connectivity index (χ0) is 11.7. The molecule has 0 aliphatic carbocycles. The molecule has 0 amide bonds. The summed E-state index contributed by atoms with van der Waals surface area (Å²) in [6, 6.07) is 1.98. The molecule has 0 saturated heterocycles. The Balaban J connectivity index is 2.64. The monoisotopic (exact) mass is 221 g/mol. The van der Waals surface area contributed by atoms with Crippen LogP contribution in [0.2, 0.25) is 0 Å². The lowest BCUT2D eigenvalue weighted by atomic mass is 10.3. The number of nitrogens with zero attached hydrogens (tertiary/aromatic N) is 4. The van der Waals surface area contributed by atoms with Crippen molar-refractivity contribution in [2.75, 3.05) is 13.7 Å². The highest BCUT2D eigenvalue weighted by Gasteiger charge is 2.17. The molecule has 0 spiro atoms. The average Bonchev–Trinajstić information content (AvgIpc) is 2.64. The number of hydrogen-bond donors (Lipinski definition) is 1. The summed E-state index contributed by atoms with van der Waals surface area (Å²) in [7, 11) is 1.61. The van der Waals surface area contributed by atoms with Crippen molar-refractivity contribution in [3.8, 4) is 0 Å². The molecular weight excluding hydrogens is 206 g/mol. The second-order valence-corrected chi connectivity index (χ2v) is 3.69. The van der Waals surface area contributed by atoms with Crippen LogP contribution in [0, 0.1) is 13.8 Å². The fraction of sp³-hybridized carbons (Fsp3) is 0.500. The molecule has 2 aromatic rings. The molecular formula is C10H15N5O. The minimum absolute atomic E-state index is 0.252. The molecule has 0 aliphatic heterocycles. The van der Waals surface area contributed by atoms with Crippen LogP contribution in [0.1, 0.15) is 23.3 Å². The summed E-state index contributed by atoms with van der Waals surface area (Å²) >= 11 is 0. The van der Waals surface area contributed by atoms with E-state index in [4.69, 9.17) is 10.5 Å². The fourth-order valence-electron chi connectivity index (χ4n) is 1.77. The second kappa shape index (κ2) is 4.15. The van der Waals surface area contributed by atoms with Crippen LogP contribution in [-0.2, 0) is 4.74 Å². The first-order valence-corrected chi connectivity index (χ1v) is 5.09. The minimum Gasteiger partial charge on any atom is -0.372 e. The summed E-state index contributed by atoms with van der Waals surface area (Å²) in [5.74, 6) is 1.29. The third-order valence-electron chi connectivity index (χ3n) is 2.50. The molecule has 6 nitrogen and oxygen atoms in total. The Kier molecular flexibility index (Phi) is 2.84. The predicted octanol–water partition coefficient (Wildman–Crippen LogP) is 0.387. The van der Waals surface area contributed by atoms with E-state index >= 15 is 0 Å². The Morgan fingerprint density at radius 3 is 2.81 bits per heavy atom. The first-order chi connectivity index (χ1) is 7.67. The molecule has 16 heavy (non-hydrogen) atoms. The van der Waals surface area contributed by atoms with Crippen molar-refractivity contribution < 1.29 is 4.74 Å². The van der Waals surface area contributed by atoms with Crippen LogP contribution in [0.25, 0.3) is 5.78 Å². The molecule has 0 aliphatic rings. The van der Waals surface area contributed by atoms with E-state index in [-0.39, 0.29) is 6.10 Å². The maximum Gasteiger partial charge on any atom is 0.255 e. The van der Waals surface area contributed by atoms with Crippen LogP contribution in [-0.4, -0.2) is 33.2 Å². The van der Waals surface area contributed by atoms with Gasteiger partial charge >= 0.3 is 0 Å². The molecule has 0 aromatic carbocycles. The predicted molar refractivity (Wildman–Crippen MR) is 59.1 cm³/mol. The number of hydrogen-bond acceptors (Lipinski definition) is 5. The Morgan fingerprint density at radius 2 is 2.19 bits per heavy atom. The number of aryl methyl sites for hydroxylation is 2. The number of methoxy groups -OCH3 is 1. The van der Waals surface area contributed by atoms with Crippen molar-refractivity contribution in [2.45, 2.75) is 20.0 Å². The highest BCUT2D eigenvalue weighted by atomic mass is 16.5. The van der Waals surface area contributed by atoms with Crippen molar-refractivity contribution in [3.05, 3.63) is 23.3 Å². The topological polar surface area (TPSA) is 78.3 Å². The van der Waals surface area contributed by atoms with Gasteiger partial charge in [0.05, 0.1) is 0 Å². The van der Waals surface area contributed by atoms with E-state index < -0.39 is 0 Å². The van der Waals surface area contributed by atoms with Crippen LogP contribution in [0.3, 0.4) is 0 Å². The van der Waals surface area contributed by atoms with E-state index in [9.17, 15) is 0 Å². The molecule has 86 valence electrons. The molecule has 1 unspecified atom stereocenters. The molecule has 2 rings (SSSR count). The van der Waals surface area contributed by atoms with Crippen molar-refractivity contribution in [1.82, 2.24) is 19.6 Å². The summed E-state index contributed by atoms with van der Waals surface area (Å²) in [5, 5.41) is 8.11. The van der Waals surface area contributed by atoms with Crippen LogP contribution in [0.4, 0.5) is 0 Å². The van der Waals surface area contributed by atoms with E-state index in [1.807, 2.05) is 24.3 Å². The lowest BCUT2D eigenvalue weighted by molar-refractivity contribution is 0.102. The number of fused-ring (bicyclic) bond motifs is 1. The summed E-state index contributed by atoms with van der Waals surface area (Å²) in [6.45, 7) is 4.28. The Hall–Kier alpha value is -1.53. The molecule has 2 N–H and O–H groups in total. The van der Waals surface area contributed by atoms with Crippen molar-refractivity contribution >= 4 is 5.78 Å². The highest BCUT2D eigenvalue weighted by molar-refractivity contribution is 5.33. The average molecular weight is 221 g/mol. The molecule has 2 heterocycles. The van der Waals surface area contributed by atoms with Gasteiger partial charge < -0.3 is 10.5 Å². The number of nitrogens with two attached hydrogens (primary N) is 1. The van der Waals surface area contributed by atoms with Crippen molar-refractivity contribution in [1.29, 1.82) is 0 Å². The van der Waals surface area contributed by atoms with E-state index in [1.54, 1.807) is 7.11 Å². The zero-order valence-corrected chi connectivity index (χ0v) is 9.64. The van der Waals surface area contributed by atoms with E-state index in [2.05, 4.69) is 15.2 Å². The maximum absolute atomic E-state index is 5.62. The third-order valence-corrected chi connectivity index (χ3v) is 2.50. The molecule has 0 saturated carbocycles. The largest absolute Gasteiger partial charge is 0.372 e. The number of rotatable bonds is 3. The van der Waals surface area contributed by atoms with Crippen LogP contribution in [0.5, 0.6) is 0 Å².